The molecule has 2 rings (SSSR count). The first-order chi connectivity index (χ1) is 12.7. The summed E-state index contributed by atoms with van der Waals surface area (Å²) in [5, 5.41) is 8.28. The number of anilines is 1. The molecule has 2 aromatic rings. The standard InChI is InChI=1S/C20H28N4O2S/c1-12(2)21-19(25)17-11-27-18(22-17)10-24(13(3)4)20(26)23-16-9-7-8-14(5)15(16)6/h7-9,11-13H,10H2,1-6H3,(H,21,25)(H,23,26). The van der Waals surface area contributed by atoms with Gasteiger partial charge in [-0.1, -0.05) is 12.1 Å². The van der Waals surface area contributed by atoms with Crippen molar-refractivity contribution in [1.29, 1.82) is 0 Å². The molecule has 146 valence electrons. The number of urea groups is 1. The van der Waals surface area contributed by atoms with Gasteiger partial charge < -0.3 is 15.5 Å². The van der Waals surface area contributed by atoms with Gasteiger partial charge in [0.1, 0.15) is 10.7 Å². The summed E-state index contributed by atoms with van der Waals surface area (Å²) in [6.07, 6.45) is 0. The van der Waals surface area contributed by atoms with Crippen LogP contribution < -0.4 is 10.6 Å². The average molecular weight is 389 g/mol. The molecule has 1 heterocycles. The number of thiazole rings is 1. The lowest BCUT2D eigenvalue weighted by atomic mass is 10.1. The molecule has 7 heteroatoms. The first kappa shape index (κ1) is 20.9. The Labute approximate surface area is 165 Å². The normalized spacial score (nSPS) is 11.0. The topological polar surface area (TPSA) is 74.3 Å². The van der Waals surface area contributed by atoms with Crippen molar-refractivity contribution in [3.63, 3.8) is 0 Å². The fourth-order valence-corrected chi connectivity index (χ4v) is 3.30. The van der Waals surface area contributed by atoms with Crippen molar-refractivity contribution in [2.75, 3.05) is 5.32 Å². The largest absolute Gasteiger partial charge is 0.349 e. The number of hydrogen-bond donors (Lipinski definition) is 2. The third-order valence-corrected chi connectivity index (χ3v) is 5.07. The molecule has 3 amide bonds. The fourth-order valence-electron chi connectivity index (χ4n) is 2.53. The van der Waals surface area contributed by atoms with E-state index < -0.39 is 0 Å². The van der Waals surface area contributed by atoms with E-state index in [0.29, 0.717) is 12.2 Å². The molecule has 0 saturated heterocycles. The zero-order valence-electron chi connectivity index (χ0n) is 16.8. The number of aryl methyl sites for hydroxylation is 1. The Morgan fingerprint density at radius 3 is 2.52 bits per heavy atom. The lowest BCUT2D eigenvalue weighted by molar-refractivity contribution is 0.0938. The highest BCUT2D eigenvalue weighted by Crippen LogP contribution is 2.20. The number of aromatic nitrogens is 1. The van der Waals surface area contributed by atoms with Gasteiger partial charge in [0.25, 0.3) is 5.91 Å². The van der Waals surface area contributed by atoms with Crippen molar-refractivity contribution in [3.05, 3.63) is 45.4 Å². The van der Waals surface area contributed by atoms with Crippen molar-refractivity contribution >= 4 is 29.0 Å². The summed E-state index contributed by atoms with van der Waals surface area (Å²) >= 11 is 1.39. The summed E-state index contributed by atoms with van der Waals surface area (Å²) in [6.45, 7) is 12.1. The number of rotatable bonds is 6. The fraction of sp³-hybridized carbons (Fsp3) is 0.450. The summed E-state index contributed by atoms with van der Waals surface area (Å²) in [6, 6.07) is 5.71. The van der Waals surface area contributed by atoms with Crippen LogP contribution in [0.2, 0.25) is 0 Å². The molecule has 0 spiro atoms. The zero-order valence-corrected chi connectivity index (χ0v) is 17.6. The molecule has 0 aliphatic carbocycles. The number of amides is 3. The van der Waals surface area contributed by atoms with Crippen molar-refractivity contribution in [3.8, 4) is 0 Å². The van der Waals surface area contributed by atoms with Gasteiger partial charge in [-0.3, -0.25) is 4.79 Å². The van der Waals surface area contributed by atoms with Crippen LogP contribution in [0.5, 0.6) is 0 Å². The SMILES string of the molecule is Cc1cccc(NC(=O)N(Cc2nc(C(=O)NC(C)C)cs2)C(C)C)c1C. The minimum atomic E-state index is -0.191. The van der Waals surface area contributed by atoms with Crippen LogP contribution in [0.4, 0.5) is 10.5 Å². The molecule has 6 nitrogen and oxygen atoms in total. The van der Waals surface area contributed by atoms with Crippen LogP contribution in [0.3, 0.4) is 0 Å². The molecule has 1 aromatic heterocycles. The lowest BCUT2D eigenvalue weighted by Gasteiger charge is -2.26. The predicted molar refractivity (Wildman–Crippen MR) is 110 cm³/mol. The molecule has 0 fully saturated rings. The molecule has 0 aliphatic rings. The molecule has 1 aromatic carbocycles. The van der Waals surface area contributed by atoms with Crippen LogP contribution in [0.15, 0.2) is 23.6 Å². The molecule has 2 N–H and O–H groups in total. The summed E-state index contributed by atoms with van der Waals surface area (Å²) in [7, 11) is 0. The maximum absolute atomic E-state index is 12.8. The Kier molecular flexibility index (Phi) is 6.96. The van der Waals surface area contributed by atoms with Gasteiger partial charge in [0.05, 0.1) is 6.54 Å². The minimum Gasteiger partial charge on any atom is -0.349 e. The monoisotopic (exact) mass is 388 g/mol. The van der Waals surface area contributed by atoms with Crippen LogP contribution in [-0.2, 0) is 6.54 Å². The first-order valence-corrected chi connectivity index (χ1v) is 9.96. The van der Waals surface area contributed by atoms with Crippen LogP contribution >= 0.6 is 11.3 Å². The Morgan fingerprint density at radius 2 is 1.89 bits per heavy atom. The van der Waals surface area contributed by atoms with Gasteiger partial charge in [-0.15, -0.1) is 11.3 Å². The number of carbonyl (C=O) groups is 2. The van der Waals surface area contributed by atoms with Crippen molar-refractivity contribution < 1.29 is 9.59 Å². The molecule has 0 atom stereocenters. The third-order valence-electron chi connectivity index (χ3n) is 4.24. The van der Waals surface area contributed by atoms with E-state index in [-0.39, 0.29) is 24.0 Å². The second kappa shape index (κ2) is 8.99. The Morgan fingerprint density at radius 1 is 1.19 bits per heavy atom. The molecule has 0 saturated carbocycles. The molecule has 0 radical (unpaired) electrons. The second-order valence-electron chi connectivity index (χ2n) is 7.15. The van der Waals surface area contributed by atoms with Crippen molar-refractivity contribution in [1.82, 2.24) is 15.2 Å². The maximum atomic E-state index is 12.8. The number of carbonyl (C=O) groups excluding carboxylic acids is 2. The lowest BCUT2D eigenvalue weighted by Crippen LogP contribution is -2.39. The zero-order chi connectivity index (χ0) is 20.1. The second-order valence-corrected chi connectivity index (χ2v) is 8.10. The average Bonchev–Trinajstić information content (AvgIpc) is 3.04. The van der Waals surface area contributed by atoms with Crippen LogP contribution in [-0.4, -0.2) is 33.9 Å². The number of hydrogen-bond acceptors (Lipinski definition) is 4. The molecule has 0 bridgehead atoms. The summed E-state index contributed by atoms with van der Waals surface area (Å²) in [5.74, 6) is -0.191. The smallest absolute Gasteiger partial charge is 0.322 e. The maximum Gasteiger partial charge on any atom is 0.322 e. The van der Waals surface area contributed by atoms with Crippen LogP contribution in [0.25, 0.3) is 0 Å². The number of benzene rings is 1. The van der Waals surface area contributed by atoms with Crippen LogP contribution in [0, 0.1) is 13.8 Å². The van der Waals surface area contributed by atoms with E-state index in [1.807, 2.05) is 59.7 Å². The van der Waals surface area contributed by atoms with E-state index in [0.717, 1.165) is 21.8 Å². The van der Waals surface area contributed by atoms with Crippen molar-refractivity contribution in [2.45, 2.75) is 60.2 Å². The summed E-state index contributed by atoms with van der Waals surface area (Å²) in [4.78, 5) is 31.0. The number of nitrogens with zero attached hydrogens (tertiary/aromatic N) is 2. The van der Waals surface area contributed by atoms with Crippen LogP contribution in [0.1, 0.15) is 54.3 Å². The highest BCUT2D eigenvalue weighted by molar-refractivity contribution is 7.09. The minimum absolute atomic E-state index is 0.00745. The summed E-state index contributed by atoms with van der Waals surface area (Å²) < 4.78 is 0. The van der Waals surface area contributed by atoms with Gasteiger partial charge in [-0.25, -0.2) is 9.78 Å². The van der Waals surface area contributed by atoms with E-state index in [2.05, 4.69) is 15.6 Å². The van der Waals surface area contributed by atoms with Gasteiger partial charge in [0.15, 0.2) is 0 Å². The van der Waals surface area contributed by atoms with Gasteiger partial charge in [-0.2, -0.15) is 0 Å². The van der Waals surface area contributed by atoms with Gasteiger partial charge in [0, 0.05) is 23.2 Å². The number of nitrogens with one attached hydrogen (secondary N) is 2. The predicted octanol–water partition coefficient (Wildman–Crippen LogP) is 4.34. The van der Waals surface area contributed by atoms with Gasteiger partial charge in [-0.05, 0) is 58.7 Å². The molecule has 0 aliphatic heterocycles. The Balaban J connectivity index is 2.11. The van der Waals surface area contributed by atoms with Gasteiger partial charge in [0.2, 0.25) is 0 Å². The van der Waals surface area contributed by atoms with E-state index in [1.54, 1.807) is 10.3 Å². The Hall–Kier alpha value is -2.41. The van der Waals surface area contributed by atoms with E-state index in [4.69, 9.17) is 0 Å². The molecular formula is C20H28N4O2S. The molecule has 27 heavy (non-hydrogen) atoms. The van der Waals surface area contributed by atoms with E-state index in [9.17, 15) is 9.59 Å². The van der Waals surface area contributed by atoms with Crippen molar-refractivity contribution in [2.24, 2.45) is 0 Å². The highest BCUT2D eigenvalue weighted by Gasteiger charge is 2.21. The molecule has 0 unspecified atom stereocenters. The Bertz CT molecular complexity index is 814. The molecular weight excluding hydrogens is 360 g/mol. The van der Waals surface area contributed by atoms with E-state index in [1.165, 1.54) is 11.3 Å². The van der Waals surface area contributed by atoms with Gasteiger partial charge >= 0.3 is 6.03 Å². The van der Waals surface area contributed by atoms with E-state index >= 15 is 0 Å². The third kappa shape index (κ3) is 5.53. The quantitative estimate of drug-likeness (QED) is 0.773. The first-order valence-electron chi connectivity index (χ1n) is 9.08. The highest BCUT2D eigenvalue weighted by atomic mass is 32.1. The summed E-state index contributed by atoms with van der Waals surface area (Å²) in [5.41, 5.74) is 3.38.